The van der Waals surface area contributed by atoms with Crippen molar-refractivity contribution < 1.29 is 4.74 Å². The van der Waals surface area contributed by atoms with Gasteiger partial charge in [0.2, 0.25) is 0 Å². The van der Waals surface area contributed by atoms with Crippen molar-refractivity contribution in [2.75, 3.05) is 5.73 Å². The predicted molar refractivity (Wildman–Crippen MR) is 63.1 cm³/mol. The molecule has 86 valence electrons. The molecule has 0 aliphatic heterocycles. The van der Waals surface area contributed by atoms with E-state index in [1.54, 1.807) is 29.1 Å². The highest BCUT2D eigenvalue weighted by atomic mass is 16.5. The van der Waals surface area contributed by atoms with Crippen molar-refractivity contribution in [1.29, 1.82) is 5.26 Å². The molecule has 0 aliphatic carbocycles. The number of nitrogens with two attached hydrogens (primary N) is 1. The summed E-state index contributed by atoms with van der Waals surface area (Å²) < 4.78 is 7.26. The Hall–Kier alpha value is -2.48. The summed E-state index contributed by atoms with van der Waals surface area (Å²) >= 11 is 0. The number of rotatable bonds is 3. The third kappa shape index (κ3) is 2.55. The number of aromatic nitrogens is 2. The first kappa shape index (κ1) is 11.0. The van der Waals surface area contributed by atoms with Gasteiger partial charge in [-0.2, -0.15) is 10.4 Å². The second-order valence-corrected chi connectivity index (χ2v) is 3.68. The van der Waals surface area contributed by atoms with Gasteiger partial charge < -0.3 is 10.5 Å². The van der Waals surface area contributed by atoms with Crippen LogP contribution in [0.25, 0.3) is 0 Å². The minimum absolute atomic E-state index is 0.407. The van der Waals surface area contributed by atoms with Crippen molar-refractivity contribution >= 4 is 5.69 Å². The summed E-state index contributed by atoms with van der Waals surface area (Å²) in [5, 5.41) is 12.7. The molecule has 5 nitrogen and oxygen atoms in total. The van der Waals surface area contributed by atoms with E-state index in [-0.39, 0.29) is 0 Å². The number of hydrogen-bond donors (Lipinski definition) is 1. The molecule has 0 spiro atoms. The number of aryl methyl sites for hydroxylation is 1. The average molecular weight is 228 g/mol. The monoisotopic (exact) mass is 228 g/mol. The highest BCUT2D eigenvalue weighted by molar-refractivity contribution is 5.56. The Kier molecular flexibility index (Phi) is 2.97. The van der Waals surface area contributed by atoms with Gasteiger partial charge in [-0.05, 0) is 18.2 Å². The van der Waals surface area contributed by atoms with Crippen molar-refractivity contribution in [3.63, 3.8) is 0 Å². The standard InChI is InChI=1S/C12H12N4O/c1-16-7-10(6-15-16)8-17-12-3-2-9(5-13)4-11(12)14/h2-4,6-7H,8,14H2,1H3. The maximum absolute atomic E-state index is 8.71. The number of nitriles is 1. The van der Waals surface area contributed by atoms with Crippen molar-refractivity contribution in [1.82, 2.24) is 9.78 Å². The van der Waals surface area contributed by atoms with Crippen LogP contribution < -0.4 is 10.5 Å². The zero-order valence-corrected chi connectivity index (χ0v) is 9.42. The molecule has 17 heavy (non-hydrogen) atoms. The molecule has 0 amide bonds. The predicted octanol–water partition coefficient (Wildman–Crippen LogP) is 1.45. The van der Waals surface area contributed by atoms with Gasteiger partial charge in [0, 0.05) is 18.8 Å². The molecule has 0 fully saturated rings. The fraction of sp³-hybridized carbons (Fsp3) is 0.167. The van der Waals surface area contributed by atoms with E-state index in [0.717, 1.165) is 5.56 Å². The molecule has 0 unspecified atom stereocenters. The first-order chi connectivity index (χ1) is 8.19. The van der Waals surface area contributed by atoms with Crippen LogP contribution in [0.1, 0.15) is 11.1 Å². The Morgan fingerprint density at radius 2 is 2.35 bits per heavy atom. The average Bonchev–Trinajstić information content (AvgIpc) is 2.73. The molecule has 0 aliphatic rings. The van der Waals surface area contributed by atoms with E-state index in [1.807, 2.05) is 19.3 Å². The number of nitrogen functional groups attached to an aromatic ring is 1. The van der Waals surface area contributed by atoms with Crippen LogP contribution in [0.2, 0.25) is 0 Å². The molecule has 0 saturated carbocycles. The Labute approximate surface area is 99.0 Å². The van der Waals surface area contributed by atoms with E-state index >= 15 is 0 Å². The van der Waals surface area contributed by atoms with Crippen LogP contribution in [0.3, 0.4) is 0 Å². The zero-order valence-electron chi connectivity index (χ0n) is 9.42. The molecule has 2 N–H and O–H groups in total. The van der Waals surface area contributed by atoms with Gasteiger partial charge in [-0.3, -0.25) is 4.68 Å². The minimum atomic E-state index is 0.407. The van der Waals surface area contributed by atoms with E-state index in [1.165, 1.54) is 0 Å². The van der Waals surface area contributed by atoms with E-state index in [4.69, 9.17) is 15.7 Å². The number of nitrogens with zero attached hydrogens (tertiary/aromatic N) is 3. The fourth-order valence-electron chi connectivity index (χ4n) is 1.46. The Bertz CT molecular complexity index is 568. The Balaban J connectivity index is 2.07. The zero-order chi connectivity index (χ0) is 12.3. The van der Waals surface area contributed by atoms with Gasteiger partial charge in [0.25, 0.3) is 0 Å². The van der Waals surface area contributed by atoms with E-state index in [2.05, 4.69) is 5.10 Å². The summed E-state index contributed by atoms with van der Waals surface area (Å²) in [5.41, 5.74) is 7.73. The van der Waals surface area contributed by atoms with Crippen molar-refractivity contribution in [3.8, 4) is 11.8 Å². The van der Waals surface area contributed by atoms with Gasteiger partial charge in [-0.25, -0.2) is 0 Å². The Morgan fingerprint density at radius 3 is 2.94 bits per heavy atom. The minimum Gasteiger partial charge on any atom is -0.487 e. The van der Waals surface area contributed by atoms with Crippen LogP contribution in [0.15, 0.2) is 30.6 Å². The van der Waals surface area contributed by atoms with Crippen LogP contribution in [0.4, 0.5) is 5.69 Å². The van der Waals surface area contributed by atoms with Crippen LogP contribution in [-0.2, 0) is 13.7 Å². The molecule has 2 rings (SSSR count). The summed E-state index contributed by atoms with van der Waals surface area (Å²) in [4.78, 5) is 0. The normalized spacial score (nSPS) is 9.88. The van der Waals surface area contributed by atoms with Crippen LogP contribution in [-0.4, -0.2) is 9.78 Å². The van der Waals surface area contributed by atoms with Crippen LogP contribution >= 0.6 is 0 Å². The summed E-state index contributed by atoms with van der Waals surface area (Å²) in [7, 11) is 1.85. The van der Waals surface area contributed by atoms with Crippen molar-refractivity contribution in [3.05, 3.63) is 41.7 Å². The fourth-order valence-corrected chi connectivity index (χ4v) is 1.46. The maximum atomic E-state index is 8.71. The quantitative estimate of drug-likeness (QED) is 0.806. The largest absolute Gasteiger partial charge is 0.487 e. The molecule has 0 atom stereocenters. The highest BCUT2D eigenvalue weighted by Gasteiger charge is 2.03. The third-order valence-electron chi connectivity index (χ3n) is 2.29. The van der Waals surface area contributed by atoms with E-state index < -0.39 is 0 Å². The lowest BCUT2D eigenvalue weighted by Gasteiger charge is -2.07. The molecule has 1 aromatic heterocycles. The van der Waals surface area contributed by atoms with E-state index in [9.17, 15) is 0 Å². The highest BCUT2D eigenvalue weighted by Crippen LogP contribution is 2.23. The van der Waals surface area contributed by atoms with Gasteiger partial charge >= 0.3 is 0 Å². The van der Waals surface area contributed by atoms with E-state index in [0.29, 0.717) is 23.6 Å². The molecular formula is C12H12N4O. The van der Waals surface area contributed by atoms with Gasteiger partial charge in [0.1, 0.15) is 12.4 Å². The summed E-state index contributed by atoms with van der Waals surface area (Å²) in [5.74, 6) is 0.577. The number of benzene rings is 1. The Morgan fingerprint density at radius 1 is 1.53 bits per heavy atom. The topological polar surface area (TPSA) is 76.9 Å². The van der Waals surface area contributed by atoms with Gasteiger partial charge in [0.05, 0.1) is 23.5 Å². The van der Waals surface area contributed by atoms with Crippen LogP contribution in [0, 0.1) is 11.3 Å². The lowest BCUT2D eigenvalue weighted by atomic mass is 10.2. The number of anilines is 1. The first-order valence-electron chi connectivity index (χ1n) is 5.09. The van der Waals surface area contributed by atoms with Gasteiger partial charge in [-0.15, -0.1) is 0 Å². The van der Waals surface area contributed by atoms with Gasteiger partial charge in [-0.1, -0.05) is 0 Å². The molecule has 0 radical (unpaired) electrons. The summed E-state index contributed by atoms with van der Waals surface area (Å²) in [6, 6.07) is 6.99. The summed E-state index contributed by atoms with van der Waals surface area (Å²) in [6.45, 7) is 0.407. The van der Waals surface area contributed by atoms with Crippen molar-refractivity contribution in [2.24, 2.45) is 7.05 Å². The molecule has 2 aromatic rings. The summed E-state index contributed by atoms with van der Waals surface area (Å²) in [6.07, 6.45) is 3.61. The molecule has 1 heterocycles. The second kappa shape index (κ2) is 4.58. The molecule has 0 saturated heterocycles. The second-order valence-electron chi connectivity index (χ2n) is 3.68. The number of hydrogen-bond acceptors (Lipinski definition) is 4. The molecular weight excluding hydrogens is 216 g/mol. The van der Waals surface area contributed by atoms with Crippen LogP contribution in [0.5, 0.6) is 5.75 Å². The van der Waals surface area contributed by atoms with Gasteiger partial charge in [0.15, 0.2) is 0 Å². The molecule has 0 bridgehead atoms. The lowest BCUT2D eigenvalue weighted by Crippen LogP contribution is -1.98. The van der Waals surface area contributed by atoms with Crippen molar-refractivity contribution in [2.45, 2.75) is 6.61 Å². The SMILES string of the molecule is Cn1cc(COc2ccc(C#N)cc2N)cn1. The first-order valence-corrected chi connectivity index (χ1v) is 5.09. The lowest BCUT2D eigenvalue weighted by molar-refractivity contribution is 0.308. The maximum Gasteiger partial charge on any atom is 0.142 e. The molecule has 5 heteroatoms. The molecule has 1 aromatic carbocycles. The smallest absolute Gasteiger partial charge is 0.142 e. The number of ether oxygens (including phenoxy) is 1. The third-order valence-corrected chi connectivity index (χ3v) is 2.29.